The van der Waals surface area contributed by atoms with Gasteiger partial charge in [0.25, 0.3) is 0 Å². The van der Waals surface area contributed by atoms with Gasteiger partial charge < -0.3 is 10.3 Å². The van der Waals surface area contributed by atoms with Gasteiger partial charge in [0.05, 0.1) is 5.41 Å². The molecule has 4 fully saturated rings. The second-order valence-corrected chi connectivity index (χ2v) is 9.57. The second kappa shape index (κ2) is 6.49. The average Bonchev–Trinajstić information content (AvgIpc) is 3.16. The number of amides is 1. The zero-order valence-corrected chi connectivity index (χ0v) is 16.7. The Bertz CT molecular complexity index is 1110. The van der Waals surface area contributed by atoms with E-state index < -0.39 is 0 Å². The second-order valence-electron chi connectivity index (χ2n) is 9.57. The molecule has 0 saturated heterocycles. The Labute approximate surface area is 174 Å². The largest absolute Gasteiger partial charge is 0.326 e. The van der Waals surface area contributed by atoms with Crippen molar-refractivity contribution in [1.82, 2.24) is 15.0 Å². The molecule has 2 aromatic heterocycles. The summed E-state index contributed by atoms with van der Waals surface area (Å²) in [6.07, 6.45) is 9.50. The number of H-pyrrole nitrogens is 1. The molecule has 1 aromatic carbocycles. The molecule has 0 unspecified atom stereocenters. The zero-order chi connectivity index (χ0) is 20.3. The molecule has 4 aliphatic rings. The maximum Gasteiger partial charge on any atom is 0.230 e. The molecule has 4 saturated carbocycles. The quantitative estimate of drug-likeness (QED) is 0.627. The Morgan fingerprint density at radius 2 is 1.73 bits per heavy atom. The molecule has 4 aliphatic carbocycles. The van der Waals surface area contributed by atoms with Crippen LogP contribution in [0.1, 0.15) is 48.9 Å². The molecular weight excluding hydrogens is 376 g/mol. The van der Waals surface area contributed by atoms with Crippen molar-refractivity contribution in [3.8, 4) is 11.4 Å². The molecule has 30 heavy (non-hydrogen) atoms. The summed E-state index contributed by atoms with van der Waals surface area (Å²) in [5.74, 6) is 3.17. The third-order valence-electron chi connectivity index (χ3n) is 7.43. The van der Waals surface area contributed by atoms with Crippen LogP contribution < -0.4 is 5.32 Å². The van der Waals surface area contributed by atoms with Crippen molar-refractivity contribution in [2.24, 2.45) is 23.2 Å². The minimum atomic E-state index is -0.145. The molecule has 4 bridgehead atoms. The van der Waals surface area contributed by atoms with Gasteiger partial charge in [0, 0.05) is 23.0 Å². The molecule has 3 aromatic rings. The van der Waals surface area contributed by atoms with Crippen LogP contribution in [0.3, 0.4) is 0 Å². The molecule has 7 rings (SSSR count). The van der Waals surface area contributed by atoms with Crippen molar-refractivity contribution in [3.63, 3.8) is 0 Å². The van der Waals surface area contributed by atoms with E-state index in [9.17, 15) is 9.59 Å². The lowest BCUT2D eigenvalue weighted by molar-refractivity contribution is -0.140. The van der Waals surface area contributed by atoms with Crippen molar-refractivity contribution in [2.45, 2.75) is 38.5 Å². The highest BCUT2D eigenvalue weighted by Crippen LogP contribution is 2.60. The van der Waals surface area contributed by atoms with E-state index in [-0.39, 0.29) is 11.3 Å². The third kappa shape index (κ3) is 2.85. The first-order valence-corrected chi connectivity index (χ1v) is 10.8. The van der Waals surface area contributed by atoms with Crippen LogP contribution in [0.15, 0.2) is 36.5 Å². The summed E-state index contributed by atoms with van der Waals surface area (Å²) in [5, 5.41) is 3.20. The Morgan fingerprint density at radius 3 is 2.37 bits per heavy atom. The van der Waals surface area contributed by atoms with Crippen LogP contribution in [-0.4, -0.2) is 27.1 Å². The van der Waals surface area contributed by atoms with Gasteiger partial charge in [-0.25, -0.2) is 9.97 Å². The van der Waals surface area contributed by atoms with E-state index >= 15 is 0 Å². The highest BCUT2D eigenvalue weighted by atomic mass is 16.2. The number of rotatable bonds is 4. The minimum Gasteiger partial charge on any atom is -0.326 e. The number of nitrogens with one attached hydrogen (secondary N) is 2. The number of hydrogen-bond acceptors (Lipinski definition) is 4. The molecular formula is C24H24N4O2. The normalized spacial score (nSPS) is 29.3. The predicted octanol–water partition coefficient (Wildman–Crippen LogP) is 4.59. The summed E-state index contributed by atoms with van der Waals surface area (Å²) in [6, 6.07) is 9.49. The molecule has 0 radical (unpaired) electrons. The number of hydrogen-bond donors (Lipinski definition) is 2. The van der Waals surface area contributed by atoms with E-state index in [1.54, 1.807) is 6.07 Å². The standard InChI is InChI=1S/C24H24N4O2/c29-13-17-8-20-22(25-12-17)28-21(27-20)18-1-3-19(4-2-18)26-23(30)24-9-14-5-15(10-24)7-16(6-14)11-24/h1-4,8,12-16H,5-7,9-11H2,(H,26,30)(H,25,27,28). The van der Waals surface area contributed by atoms with Crippen molar-refractivity contribution in [3.05, 3.63) is 42.1 Å². The maximum atomic E-state index is 13.2. The Morgan fingerprint density at radius 1 is 1.07 bits per heavy atom. The highest BCUT2D eigenvalue weighted by Gasteiger charge is 2.54. The summed E-state index contributed by atoms with van der Waals surface area (Å²) < 4.78 is 0. The van der Waals surface area contributed by atoms with Gasteiger partial charge in [-0.15, -0.1) is 0 Å². The highest BCUT2D eigenvalue weighted by molar-refractivity contribution is 5.96. The number of anilines is 1. The maximum absolute atomic E-state index is 13.2. The lowest BCUT2D eigenvalue weighted by Crippen LogP contribution is -2.51. The van der Waals surface area contributed by atoms with Crippen molar-refractivity contribution < 1.29 is 9.59 Å². The van der Waals surface area contributed by atoms with Crippen molar-refractivity contribution in [1.29, 1.82) is 0 Å². The minimum absolute atomic E-state index is 0.145. The molecule has 6 nitrogen and oxygen atoms in total. The summed E-state index contributed by atoms with van der Waals surface area (Å²) in [7, 11) is 0. The molecule has 152 valence electrons. The van der Waals surface area contributed by atoms with Crippen molar-refractivity contribution in [2.75, 3.05) is 5.32 Å². The topological polar surface area (TPSA) is 87.7 Å². The van der Waals surface area contributed by atoms with Gasteiger partial charge in [0.1, 0.15) is 11.3 Å². The summed E-state index contributed by atoms with van der Waals surface area (Å²) in [5.41, 5.74) is 3.41. The number of aromatic amines is 1. The van der Waals surface area contributed by atoms with Crippen LogP contribution in [0.25, 0.3) is 22.6 Å². The summed E-state index contributed by atoms with van der Waals surface area (Å²) >= 11 is 0. The number of aromatic nitrogens is 3. The lowest BCUT2D eigenvalue weighted by atomic mass is 9.49. The number of pyridine rings is 1. The lowest BCUT2D eigenvalue weighted by Gasteiger charge is -2.55. The number of nitrogens with zero attached hydrogens (tertiary/aromatic N) is 2. The van der Waals surface area contributed by atoms with Crippen LogP contribution in [-0.2, 0) is 4.79 Å². The van der Waals surface area contributed by atoms with E-state index in [1.165, 1.54) is 25.5 Å². The van der Waals surface area contributed by atoms with Gasteiger partial charge >= 0.3 is 0 Å². The molecule has 2 N–H and O–H groups in total. The molecule has 0 spiro atoms. The SMILES string of the molecule is O=Cc1cnc2[nH]c(-c3ccc(NC(=O)C45CC6CC(CC(C6)C4)C5)cc3)nc2c1. The van der Waals surface area contributed by atoms with Gasteiger partial charge in [-0.1, -0.05) is 0 Å². The number of imidazole rings is 1. The fraction of sp³-hybridized carbons (Fsp3) is 0.417. The zero-order valence-electron chi connectivity index (χ0n) is 16.7. The number of carbonyl (C=O) groups is 2. The van der Waals surface area contributed by atoms with E-state index in [1.807, 2.05) is 24.3 Å². The van der Waals surface area contributed by atoms with Gasteiger partial charge in [-0.2, -0.15) is 0 Å². The molecule has 2 heterocycles. The fourth-order valence-electron chi connectivity index (χ4n) is 6.48. The van der Waals surface area contributed by atoms with Crippen LogP contribution in [0.5, 0.6) is 0 Å². The van der Waals surface area contributed by atoms with E-state index in [0.29, 0.717) is 22.6 Å². The van der Waals surface area contributed by atoms with Gasteiger partial charge in [-0.05, 0) is 86.6 Å². The van der Waals surface area contributed by atoms with Crippen LogP contribution >= 0.6 is 0 Å². The third-order valence-corrected chi connectivity index (χ3v) is 7.43. The first-order valence-electron chi connectivity index (χ1n) is 10.8. The van der Waals surface area contributed by atoms with Crippen LogP contribution in [0.4, 0.5) is 5.69 Å². The molecule has 6 heteroatoms. The van der Waals surface area contributed by atoms with Gasteiger partial charge in [0.15, 0.2) is 11.9 Å². The molecule has 0 aliphatic heterocycles. The average molecular weight is 400 g/mol. The first kappa shape index (κ1) is 17.8. The summed E-state index contributed by atoms with van der Waals surface area (Å²) in [4.78, 5) is 36.1. The Kier molecular flexibility index (Phi) is 3.85. The number of aldehydes is 1. The van der Waals surface area contributed by atoms with Crippen molar-refractivity contribution >= 4 is 29.0 Å². The van der Waals surface area contributed by atoms with E-state index in [0.717, 1.165) is 54.6 Å². The van der Waals surface area contributed by atoms with Crippen LogP contribution in [0, 0.1) is 23.2 Å². The summed E-state index contributed by atoms with van der Waals surface area (Å²) in [6.45, 7) is 0. The fourth-order valence-corrected chi connectivity index (χ4v) is 6.48. The Hall–Kier alpha value is -3.02. The van der Waals surface area contributed by atoms with E-state index in [2.05, 4.69) is 20.3 Å². The predicted molar refractivity (Wildman–Crippen MR) is 114 cm³/mol. The number of carbonyl (C=O) groups excluding carboxylic acids is 2. The van der Waals surface area contributed by atoms with E-state index in [4.69, 9.17) is 0 Å². The smallest absolute Gasteiger partial charge is 0.230 e. The number of benzene rings is 1. The van der Waals surface area contributed by atoms with Gasteiger partial charge in [0.2, 0.25) is 5.91 Å². The monoisotopic (exact) mass is 400 g/mol. The first-order chi connectivity index (χ1) is 14.6. The van der Waals surface area contributed by atoms with Crippen LogP contribution in [0.2, 0.25) is 0 Å². The molecule has 0 atom stereocenters. The molecule has 1 amide bonds. The Balaban J connectivity index is 1.21. The number of fused-ring (bicyclic) bond motifs is 1. The van der Waals surface area contributed by atoms with Gasteiger partial charge in [-0.3, -0.25) is 9.59 Å².